The summed E-state index contributed by atoms with van der Waals surface area (Å²) in [6, 6.07) is 10.8. The Morgan fingerprint density at radius 3 is 2.47 bits per heavy atom. The molecule has 0 bridgehead atoms. The summed E-state index contributed by atoms with van der Waals surface area (Å²) in [5.74, 6) is 1.91. The van der Waals surface area contributed by atoms with Crippen LogP contribution in [0.25, 0.3) is 5.70 Å². The zero-order valence-electron chi connectivity index (χ0n) is 26.7. The Balaban J connectivity index is 1.40. The third-order valence-corrected chi connectivity index (χ3v) is 8.23. The van der Waals surface area contributed by atoms with Crippen LogP contribution in [-0.4, -0.2) is 46.3 Å². The Hall–Kier alpha value is -4.49. The zero-order chi connectivity index (χ0) is 32.5. The molecule has 0 radical (unpaired) electrons. The van der Waals surface area contributed by atoms with E-state index in [2.05, 4.69) is 31.3 Å². The predicted molar refractivity (Wildman–Crippen MR) is 178 cm³/mol. The molecule has 2 aromatic carbocycles. The number of ether oxygens (including phenoxy) is 2. The third kappa shape index (κ3) is 7.60. The van der Waals surface area contributed by atoms with Crippen molar-refractivity contribution in [1.29, 1.82) is 0 Å². The van der Waals surface area contributed by atoms with E-state index >= 15 is 0 Å². The van der Waals surface area contributed by atoms with Crippen molar-refractivity contribution in [2.45, 2.75) is 46.0 Å². The van der Waals surface area contributed by atoms with Crippen LogP contribution in [0.5, 0.6) is 11.5 Å². The van der Waals surface area contributed by atoms with Gasteiger partial charge in [-0.05, 0) is 72.6 Å². The maximum absolute atomic E-state index is 13.6. The van der Waals surface area contributed by atoms with Crippen molar-refractivity contribution in [2.24, 2.45) is 5.92 Å². The van der Waals surface area contributed by atoms with Gasteiger partial charge in [0.25, 0.3) is 5.91 Å². The summed E-state index contributed by atoms with van der Waals surface area (Å²) < 4.78 is 37.9. The summed E-state index contributed by atoms with van der Waals surface area (Å²) in [5, 5.41) is 8.10. The Labute approximate surface area is 264 Å². The molecule has 2 aliphatic rings. The van der Waals surface area contributed by atoms with Gasteiger partial charge in [-0.15, -0.1) is 5.53 Å². The van der Waals surface area contributed by atoms with Crippen LogP contribution < -0.4 is 40.8 Å². The fourth-order valence-corrected chi connectivity index (χ4v) is 5.44. The van der Waals surface area contributed by atoms with Crippen LogP contribution in [0.2, 0.25) is 0 Å². The van der Waals surface area contributed by atoms with Gasteiger partial charge in [0.1, 0.15) is 0 Å². The minimum Gasteiger partial charge on any atom is -0.493 e. The topological polar surface area (TPSA) is 146 Å². The van der Waals surface area contributed by atoms with Crippen LogP contribution in [0.4, 0.5) is 22.9 Å². The highest BCUT2D eigenvalue weighted by atomic mass is 32.2. The van der Waals surface area contributed by atoms with Crippen LogP contribution in [0.3, 0.4) is 0 Å². The minimum atomic E-state index is -3.60. The maximum Gasteiger partial charge on any atom is 0.255 e. The second kappa shape index (κ2) is 12.5. The lowest BCUT2D eigenvalue weighted by Crippen LogP contribution is -2.36. The first kappa shape index (κ1) is 31.9. The number of carbonyl (C=O) groups is 1. The Bertz CT molecular complexity index is 1750. The molecule has 13 heteroatoms. The van der Waals surface area contributed by atoms with Crippen molar-refractivity contribution in [3.05, 3.63) is 71.0 Å². The van der Waals surface area contributed by atoms with Crippen LogP contribution in [0.15, 0.2) is 48.8 Å². The van der Waals surface area contributed by atoms with Crippen molar-refractivity contribution in [3.8, 4) is 11.5 Å². The number of aromatic nitrogens is 1. The number of aryl methyl sites for hydroxylation is 1. The summed E-state index contributed by atoms with van der Waals surface area (Å²) in [7, 11) is -0.548. The molecule has 240 valence electrons. The van der Waals surface area contributed by atoms with Crippen molar-refractivity contribution >= 4 is 44.5 Å². The minimum absolute atomic E-state index is 0.213. The van der Waals surface area contributed by atoms with Crippen molar-refractivity contribution < 1.29 is 22.7 Å². The Morgan fingerprint density at radius 2 is 1.82 bits per heavy atom. The Morgan fingerprint density at radius 1 is 1.09 bits per heavy atom. The van der Waals surface area contributed by atoms with Gasteiger partial charge in [0, 0.05) is 30.1 Å². The predicted octanol–water partition coefficient (Wildman–Crippen LogP) is 4.98. The smallest absolute Gasteiger partial charge is 0.255 e. The quantitative estimate of drug-likeness (QED) is 0.196. The molecule has 1 fully saturated rings. The van der Waals surface area contributed by atoms with E-state index in [0.717, 1.165) is 46.7 Å². The van der Waals surface area contributed by atoms with Crippen LogP contribution in [-0.2, 0) is 15.4 Å². The van der Waals surface area contributed by atoms with E-state index in [-0.39, 0.29) is 22.8 Å². The average Bonchev–Trinajstić information content (AvgIpc) is 3.68. The lowest BCUT2D eigenvalue weighted by atomic mass is 9.86. The van der Waals surface area contributed by atoms with Gasteiger partial charge in [0.2, 0.25) is 10.0 Å². The molecule has 1 aliphatic carbocycles. The lowest BCUT2D eigenvalue weighted by Gasteiger charge is -2.24. The summed E-state index contributed by atoms with van der Waals surface area (Å²) in [4.78, 5) is 18.2. The summed E-state index contributed by atoms with van der Waals surface area (Å²) in [6.45, 7) is 8.84. The highest BCUT2D eigenvalue weighted by molar-refractivity contribution is 7.92. The second-order valence-electron chi connectivity index (χ2n) is 12.4. The SMILES string of the molecule is COc1cc(C2=CN(c3cc(C(=O)Nc4cc(C(C)(C)C)cc(NS(C)(=O)=O)c4OC)ccc3C)NN2)cnc1NCC1CC1. The molecule has 3 aromatic rings. The van der Waals surface area contributed by atoms with E-state index in [1.807, 2.05) is 46.0 Å². The molecule has 45 heavy (non-hydrogen) atoms. The van der Waals surface area contributed by atoms with Crippen molar-refractivity contribution in [2.75, 3.05) is 47.4 Å². The lowest BCUT2D eigenvalue weighted by molar-refractivity contribution is 0.102. The van der Waals surface area contributed by atoms with Crippen LogP contribution in [0, 0.1) is 12.8 Å². The molecule has 1 saturated carbocycles. The molecule has 0 unspecified atom stereocenters. The van der Waals surface area contributed by atoms with Gasteiger partial charge in [-0.1, -0.05) is 26.8 Å². The number of carbonyl (C=O) groups excluding carboxylic acids is 1. The van der Waals surface area contributed by atoms with E-state index < -0.39 is 10.0 Å². The number of benzene rings is 2. The molecule has 0 saturated heterocycles. The fourth-order valence-electron chi connectivity index (χ4n) is 4.89. The summed E-state index contributed by atoms with van der Waals surface area (Å²) in [6.07, 6.45) is 7.23. The van der Waals surface area contributed by atoms with Gasteiger partial charge in [-0.25, -0.2) is 13.4 Å². The molecule has 5 N–H and O–H groups in total. The third-order valence-electron chi connectivity index (χ3n) is 7.64. The number of anilines is 4. The van der Waals surface area contributed by atoms with Gasteiger partial charge in [-0.2, -0.15) is 0 Å². The number of sulfonamides is 1. The largest absolute Gasteiger partial charge is 0.493 e. The molecular formula is C32H41N7O5S. The van der Waals surface area contributed by atoms with Gasteiger partial charge in [0.15, 0.2) is 17.3 Å². The van der Waals surface area contributed by atoms with Gasteiger partial charge < -0.3 is 25.5 Å². The number of hydrazine groups is 2. The molecule has 0 spiro atoms. The first-order valence-electron chi connectivity index (χ1n) is 14.7. The molecule has 5 rings (SSSR count). The van der Waals surface area contributed by atoms with E-state index in [0.29, 0.717) is 22.9 Å². The zero-order valence-corrected chi connectivity index (χ0v) is 27.5. The average molecular weight is 636 g/mol. The first-order chi connectivity index (χ1) is 21.3. The number of methoxy groups -OCH3 is 2. The normalized spacial score (nSPS) is 14.8. The van der Waals surface area contributed by atoms with E-state index in [4.69, 9.17) is 9.47 Å². The van der Waals surface area contributed by atoms with Gasteiger partial charge in [-0.3, -0.25) is 14.5 Å². The summed E-state index contributed by atoms with van der Waals surface area (Å²) >= 11 is 0. The van der Waals surface area contributed by atoms with Crippen molar-refractivity contribution in [3.63, 3.8) is 0 Å². The molecule has 1 aromatic heterocycles. The number of pyridine rings is 1. The molecular weight excluding hydrogens is 594 g/mol. The van der Waals surface area contributed by atoms with E-state index in [1.165, 1.54) is 20.0 Å². The fraction of sp³-hybridized carbons (Fsp3) is 0.375. The van der Waals surface area contributed by atoms with Gasteiger partial charge >= 0.3 is 0 Å². The summed E-state index contributed by atoms with van der Waals surface area (Å²) in [5.41, 5.74) is 11.1. The van der Waals surface area contributed by atoms with E-state index in [1.54, 1.807) is 42.6 Å². The number of hydrogen-bond donors (Lipinski definition) is 5. The number of hydrogen-bond acceptors (Lipinski definition) is 10. The van der Waals surface area contributed by atoms with E-state index in [9.17, 15) is 13.2 Å². The maximum atomic E-state index is 13.6. The standard InChI is InChI=1S/C32H41N7O5S/c1-19-8-11-21(31(40)35-24-14-23(32(2,3)4)15-25(29(24)44-6)37-45(7,41)42)12-27(19)39-18-26(36-38-39)22-13-28(43-5)30(34-17-22)33-16-20-9-10-20/h8,11-15,17-18,20,36-38H,9-10,16H2,1-7H3,(H,33,34)(H,35,40). The number of nitrogens with one attached hydrogen (secondary N) is 5. The first-order valence-corrected chi connectivity index (χ1v) is 16.6. The second-order valence-corrected chi connectivity index (χ2v) is 14.2. The number of nitrogens with zero attached hydrogens (tertiary/aromatic N) is 2. The molecule has 1 amide bonds. The Kier molecular flexibility index (Phi) is 8.86. The van der Waals surface area contributed by atoms with Crippen molar-refractivity contribution in [1.82, 2.24) is 15.9 Å². The molecule has 12 nitrogen and oxygen atoms in total. The van der Waals surface area contributed by atoms with Crippen LogP contribution >= 0.6 is 0 Å². The molecule has 0 atom stereocenters. The monoisotopic (exact) mass is 635 g/mol. The van der Waals surface area contributed by atoms with Crippen LogP contribution in [0.1, 0.15) is 60.7 Å². The highest BCUT2D eigenvalue weighted by Crippen LogP contribution is 2.39. The highest BCUT2D eigenvalue weighted by Gasteiger charge is 2.25. The molecule has 2 heterocycles. The molecule has 1 aliphatic heterocycles. The van der Waals surface area contributed by atoms with Gasteiger partial charge in [0.05, 0.1) is 43.2 Å². The number of amides is 1. The number of rotatable bonds is 11.